The van der Waals surface area contributed by atoms with Crippen LogP contribution in [0.25, 0.3) is 11.3 Å². The third-order valence-electron chi connectivity index (χ3n) is 3.65. The standard InChI is InChI=1S/C17H10ClF4NOS/c18-8-17(24,10-5-4-9(19)6-13(10)22)16-23-14(7-25-16)15-11(20)2-1-3-12(15)21/h1-7,24H,8H2. The molecule has 130 valence electrons. The fourth-order valence-corrected chi connectivity index (χ4v) is 3.66. The summed E-state index contributed by atoms with van der Waals surface area (Å²) in [6, 6.07) is 6.00. The normalized spacial score (nSPS) is 13.7. The Kier molecular flexibility index (Phi) is 4.81. The highest BCUT2D eigenvalue weighted by atomic mass is 35.5. The summed E-state index contributed by atoms with van der Waals surface area (Å²) in [6.07, 6.45) is 0. The van der Waals surface area contributed by atoms with E-state index in [4.69, 9.17) is 11.6 Å². The smallest absolute Gasteiger partial charge is 0.157 e. The van der Waals surface area contributed by atoms with E-state index in [0.717, 1.165) is 35.6 Å². The maximum Gasteiger partial charge on any atom is 0.157 e. The van der Waals surface area contributed by atoms with E-state index in [-0.39, 0.29) is 21.8 Å². The van der Waals surface area contributed by atoms with Gasteiger partial charge in [0, 0.05) is 17.0 Å². The van der Waals surface area contributed by atoms with Gasteiger partial charge >= 0.3 is 0 Å². The Labute approximate surface area is 149 Å². The third-order valence-corrected chi connectivity index (χ3v) is 5.03. The highest BCUT2D eigenvalue weighted by Gasteiger charge is 2.37. The minimum atomic E-state index is -2.07. The number of hydrogen-bond donors (Lipinski definition) is 1. The van der Waals surface area contributed by atoms with Crippen molar-refractivity contribution in [3.63, 3.8) is 0 Å². The van der Waals surface area contributed by atoms with Crippen molar-refractivity contribution in [2.45, 2.75) is 5.60 Å². The Bertz CT molecular complexity index is 913. The number of hydrogen-bond acceptors (Lipinski definition) is 3. The topological polar surface area (TPSA) is 33.1 Å². The van der Waals surface area contributed by atoms with Crippen LogP contribution >= 0.6 is 22.9 Å². The van der Waals surface area contributed by atoms with Gasteiger partial charge in [0.05, 0.1) is 17.1 Å². The predicted octanol–water partition coefficient (Wildman–Crippen LogP) is 4.84. The third kappa shape index (κ3) is 3.15. The van der Waals surface area contributed by atoms with Gasteiger partial charge in [-0.15, -0.1) is 22.9 Å². The number of halogens is 5. The molecule has 0 bridgehead atoms. The summed E-state index contributed by atoms with van der Waals surface area (Å²) in [6.45, 7) is 0. The molecule has 8 heteroatoms. The van der Waals surface area contributed by atoms with Gasteiger partial charge in [-0.05, 0) is 24.3 Å². The maximum atomic E-state index is 14.1. The lowest BCUT2D eigenvalue weighted by molar-refractivity contribution is 0.101. The van der Waals surface area contributed by atoms with E-state index < -0.39 is 34.7 Å². The van der Waals surface area contributed by atoms with Crippen molar-refractivity contribution in [2.24, 2.45) is 0 Å². The largest absolute Gasteiger partial charge is 0.376 e. The lowest BCUT2D eigenvalue weighted by Gasteiger charge is -2.24. The van der Waals surface area contributed by atoms with Crippen molar-refractivity contribution in [3.8, 4) is 11.3 Å². The summed E-state index contributed by atoms with van der Waals surface area (Å²) in [5.74, 6) is -3.94. The molecule has 3 aromatic rings. The first-order chi connectivity index (χ1) is 11.9. The first-order valence-electron chi connectivity index (χ1n) is 7.01. The minimum absolute atomic E-state index is 0.0540. The molecular formula is C17H10ClF4NOS. The van der Waals surface area contributed by atoms with Gasteiger partial charge in [0.1, 0.15) is 28.3 Å². The Morgan fingerprint density at radius 2 is 1.72 bits per heavy atom. The van der Waals surface area contributed by atoms with Crippen LogP contribution in [-0.4, -0.2) is 16.0 Å². The molecule has 0 aliphatic heterocycles. The van der Waals surface area contributed by atoms with Gasteiger partial charge in [0.25, 0.3) is 0 Å². The average molecular weight is 388 g/mol. The van der Waals surface area contributed by atoms with Crippen molar-refractivity contribution in [2.75, 3.05) is 5.88 Å². The van der Waals surface area contributed by atoms with Crippen LogP contribution in [0.4, 0.5) is 17.6 Å². The first-order valence-corrected chi connectivity index (χ1v) is 8.42. The Balaban J connectivity index is 2.11. The Morgan fingerprint density at radius 3 is 2.32 bits per heavy atom. The molecular weight excluding hydrogens is 378 g/mol. The van der Waals surface area contributed by atoms with E-state index in [1.165, 1.54) is 11.4 Å². The second-order valence-corrected chi connectivity index (χ2v) is 6.38. The molecule has 0 saturated heterocycles. The van der Waals surface area contributed by atoms with Gasteiger partial charge in [-0.2, -0.15) is 0 Å². The van der Waals surface area contributed by atoms with Crippen LogP contribution < -0.4 is 0 Å². The number of aromatic nitrogens is 1. The molecule has 1 heterocycles. The zero-order valence-electron chi connectivity index (χ0n) is 12.4. The van der Waals surface area contributed by atoms with Gasteiger partial charge < -0.3 is 5.11 Å². The molecule has 0 aliphatic carbocycles. The van der Waals surface area contributed by atoms with Gasteiger partial charge in [-0.25, -0.2) is 22.5 Å². The van der Waals surface area contributed by atoms with Crippen molar-refractivity contribution < 1.29 is 22.7 Å². The summed E-state index contributed by atoms with van der Waals surface area (Å²) < 4.78 is 55.0. The SMILES string of the molecule is OC(CCl)(c1nc(-c2c(F)cccc2F)cs1)c1ccc(F)cc1F. The quantitative estimate of drug-likeness (QED) is 0.513. The van der Waals surface area contributed by atoms with Crippen LogP contribution in [-0.2, 0) is 5.60 Å². The zero-order valence-corrected chi connectivity index (χ0v) is 14.0. The second-order valence-electron chi connectivity index (χ2n) is 5.25. The molecule has 1 unspecified atom stereocenters. The summed E-state index contributed by atoms with van der Waals surface area (Å²) in [5.41, 5.74) is -2.76. The fraction of sp³-hybridized carbons (Fsp3) is 0.118. The van der Waals surface area contributed by atoms with E-state index >= 15 is 0 Å². The number of benzene rings is 2. The van der Waals surface area contributed by atoms with Crippen LogP contribution in [0.3, 0.4) is 0 Å². The summed E-state index contributed by atoms with van der Waals surface area (Å²) in [7, 11) is 0. The van der Waals surface area contributed by atoms with E-state index in [2.05, 4.69) is 4.98 Å². The molecule has 0 fully saturated rings. The molecule has 0 amide bonds. The number of thiazole rings is 1. The monoisotopic (exact) mass is 387 g/mol. The Morgan fingerprint density at radius 1 is 1.04 bits per heavy atom. The van der Waals surface area contributed by atoms with Crippen LogP contribution in [0, 0.1) is 23.3 Å². The Hall–Kier alpha value is -1.96. The maximum absolute atomic E-state index is 14.1. The molecule has 0 spiro atoms. The summed E-state index contributed by atoms with van der Waals surface area (Å²) in [4.78, 5) is 4.03. The predicted molar refractivity (Wildman–Crippen MR) is 87.5 cm³/mol. The molecule has 0 saturated carbocycles. The minimum Gasteiger partial charge on any atom is -0.376 e. The zero-order chi connectivity index (χ0) is 18.2. The molecule has 0 radical (unpaired) electrons. The molecule has 1 N–H and O–H groups in total. The van der Waals surface area contributed by atoms with Gasteiger partial charge in [-0.3, -0.25) is 0 Å². The highest BCUT2D eigenvalue weighted by molar-refractivity contribution is 7.10. The van der Waals surface area contributed by atoms with E-state index in [0.29, 0.717) is 6.07 Å². The lowest BCUT2D eigenvalue weighted by atomic mass is 9.95. The number of aliphatic hydroxyl groups is 1. The summed E-state index contributed by atoms with van der Waals surface area (Å²) >= 11 is 6.68. The van der Waals surface area contributed by atoms with Gasteiger partial charge in [0.15, 0.2) is 5.60 Å². The molecule has 2 nitrogen and oxygen atoms in total. The van der Waals surface area contributed by atoms with E-state index in [1.54, 1.807) is 0 Å². The van der Waals surface area contributed by atoms with Crippen molar-refractivity contribution in [1.82, 2.24) is 4.98 Å². The highest BCUT2D eigenvalue weighted by Crippen LogP contribution is 2.37. The van der Waals surface area contributed by atoms with Crippen LogP contribution in [0.5, 0.6) is 0 Å². The number of nitrogens with zero attached hydrogens (tertiary/aromatic N) is 1. The molecule has 2 aromatic carbocycles. The van der Waals surface area contributed by atoms with E-state index in [1.807, 2.05) is 0 Å². The van der Waals surface area contributed by atoms with Crippen molar-refractivity contribution in [1.29, 1.82) is 0 Å². The van der Waals surface area contributed by atoms with E-state index in [9.17, 15) is 22.7 Å². The molecule has 1 atom stereocenters. The van der Waals surface area contributed by atoms with Crippen LogP contribution in [0.1, 0.15) is 10.6 Å². The first kappa shape index (κ1) is 17.8. The average Bonchev–Trinajstić information content (AvgIpc) is 3.04. The van der Waals surface area contributed by atoms with Crippen molar-refractivity contribution >= 4 is 22.9 Å². The fourth-order valence-electron chi connectivity index (χ4n) is 2.39. The lowest BCUT2D eigenvalue weighted by Crippen LogP contribution is -2.30. The number of alkyl halides is 1. The van der Waals surface area contributed by atoms with Crippen molar-refractivity contribution in [3.05, 3.63) is 75.6 Å². The van der Waals surface area contributed by atoms with Gasteiger partial charge in [0.2, 0.25) is 0 Å². The van der Waals surface area contributed by atoms with Crippen LogP contribution in [0.15, 0.2) is 41.8 Å². The molecule has 0 aliphatic rings. The second kappa shape index (κ2) is 6.74. The summed E-state index contributed by atoms with van der Waals surface area (Å²) in [5, 5.41) is 12.1. The molecule has 25 heavy (non-hydrogen) atoms. The van der Waals surface area contributed by atoms with Gasteiger partial charge in [-0.1, -0.05) is 6.07 Å². The number of rotatable bonds is 4. The molecule has 3 rings (SSSR count). The van der Waals surface area contributed by atoms with Crippen LogP contribution in [0.2, 0.25) is 0 Å². The molecule has 1 aromatic heterocycles.